The summed E-state index contributed by atoms with van der Waals surface area (Å²) in [6.45, 7) is 4.05. The van der Waals surface area contributed by atoms with Gasteiger partial charge in [0.2, 0.25) is 0 Å². The second-order valence-corrected chi connectivity index (χ2v) is 4.49. The molecule has 3 N–H and O–H groups in total. The maximum Gasteiger partial charge on any atom is 0.315 e. The monoisotopic (exact) mass is 270 g/mol. The topological polar surface area (TPSA) is 83.7 Å². The van der Waals surface area contributed by atoms with E-state index < -0.39 is 0 Å². The maximum atomic E-state index is 11.8. The first kappa shape index (κ1) is 15.5. The van der Waals surface area contributed by atoms with E-state index in [0.717, 1.165) is 5.76 Å². The van der Waals surface area contributed by atoms with Gasteiger partial charge in [-0.2, -0.15) is 0 Å². The molecule has 1 aromatic rings. The van der Waals surface area contributed by atoms with Crippen molar-refractivity contribution >= 4 is 6.03 Å². The molecule has 6 heteroatoms. The van der Waals surface area contributed by atoms with Gasteiger partial charge in [-0.05, 0) is 32.4 Å². The number of carbonyl (C=O) groups excluding carboxylic acids is 1. The van der Waals surface area contributed by atoms with Crippen molar-refractivity contribution in [3.05, 3.63) is 23.7 Å². The van der Waals surface area contributed by atoms with Gasteiger partial charge in [0.15, 0.2) is 0 Å². The average molecular weight is 270 g/mol. The standard InChI is InChI=1S/C13H22N2O4/c1-9(6-7-16)14-13(17)15-11(8-18-3)12-5-4-10(2)19-12/h4-5,9,11,16H,6-8H2,1-3H3,(H2,14,15,17)/t9-,11?/m1/s1. The van der Waals surface area contributed by atoms with Crippen LogP contribution in [0.5, 0.6) is 0 Å². The number of aliphatic hydroxyl groups excluding tert-OH is 1. The Bertz CT molecular complexity index is 392. The number of methoxy groups -OCH3 is 1. The van der Waals surface area contributed by atoms with Gasteiger partial charge < -0.3 is 24.9 Å². The van der Waals surface area contributed by atoms with Crippen LogP contribution in [0.25, 0.3) is 0 Å². The Morgan fingerprint density at radius 2 is 2.21 bits per heavy atom. The molecule has 0 aliphatic rings. The summed E-state index contributed by atoms with van der Waals surface area (Å²) in [6, 6.07) is 2.92. The van der Waals surface area contributed by atoms with E-state index in [-0.39, 0.29) is 24.7 Å². The van der Waals surface area contributed by atoms with Crippen molar-refractivity contribution in [2.45, 2.75) is 32.4 Å². The number of hydrogen-bond donors (Lipinski definition) is 3. The van der Waals surface area contributed by atoms with Crippen molar-refractivity contribution in [2.75, 3.05) is 20.3 Å². The number of ether oxygens (including phenoxy) is 1. The first-order valence-electron chi connectivity index (χ1n) is 6.30. The molecule has 19 heavy (non-hydrogen) atoms. The van der Waals surface area contributed by atoms with Gasteiger partial charge in [-0.3, -0.25) is 0 Å². The van der Waals surface area contributed by atoms with E-state index in [1.54, 1.807) is 7.11 Å². The lowest BCUT2D eigenvalue weighted by atomic mass is 10.2. The summed E-state index contributed by atoms with van der Waals surface area (Å²) in [4.78, 5) is 11.8. The lowest BCUT2D eigenvalue weighted by molar-refractivity contribution is 0.155. The second kappa shape index (κ2) is 7.81. The van der Waals surface area contributed by atoms with Gasteiger partial charge >= 0.3 is 6.03 Å². The Labute approximate surface area is 113 Å². The van der Waals surface area contributed by atoms with Crippen molar-refractivity contribution in [2.24, 2.45) is 0 Å². The maximum absolute atomic E-state index is 11.8. The fourth-order valence-electron chi connectivity index (χ4n) is 1.69. The Balaban J connectivity index is 2.56. The quantitative estimate of drug-likeness (QED) is 0.698. The Kier molecular flexibility index (Phi) is 6.38. The number of nitrogens with one attached hydrogen (secondary N) is 2. The molecule has 1 heterocycles. The van der Waals surface area contributed by atoms with E-state index in [1.807, 2.05) is 26.0 Å². The summed E-state index contributed by atoms with van der Waals surface area (Å²) in [5.41, 5.74) is 0. The zero-order chi connectivity index (χ0) is 14.3. The molecule has 0 aromatic carbocycles. The highest BCUT2D eigenvalue weighted by Gasteiger charge is 2.18. The van der Waals surface area contributed by atoms with E-state index in [9.17, 15) is 4.79 Å². The van der Waals surface area contributed by atoms with Crippen LogP contribution in [0.2, 0.25) is 0 Å². The van der Waals surface area contributed by atoms with Crippen LogP contribution in [0.4, 0.5) is 4.79 Å². The van der Waals surface area contributed by atoms with Crippen molar-refractivity contribution in [3.8, 4) is 0 Å². The molecule has 0 saturated carbocycles. The predicted octanol–water partition coefficient (Wildman–Crippen LogP) is 1.35. The zero-order valence-corrected chi connectivity index (χ0v) is 11.6. The zero-order valence-electron chi connectivity index (χ0n) is 11.6. The molecule has 0 radical (unpaired) electrons. The van der Waals surface area contributed by atoms with Crippen LogP contribution in [0, 0.1) is 6.92 Å². The average Bonchev–Trinajstić information content (AvgIpc) is 2.75. The van der Waals surface area contributed by atoms with Gasteiger partial charge in [0.05, 0.1) is 6.61 Å². The molecule has 0 aliphatic heterocycles. The molecule has 2 amide bonds. The smallest absolute Gasteiger partial charge is 0.315 e. The lowest BCUT2D eigenvalue weighted by Gasteiger charge is -2.18. The van der Waals surface area contributed by atoms with Crippen LogP contribution >= 0.6 is 0 Å². The van der Waals surface area contributed by atoms with Gasteiger partial charge in [-0.15, -0.1) is 0 Å². The van der Waals surface area contributed by atoms with Gasteiger partial charge in [-0.1, -0.05) is 0 Å². The van der Waals surface area contributed by atoms with E-state index in [2.05, 4.69) is 10.6 Å². The molecular formula is C13H22N2O4. The number of hydrogen-bond acceptors (Lipinski definition) is 4. The van der Waals surface area contributed by atoms with Crippen molar-refractivity contribution in [3.63, 3.8) is 0 Å². The Morgan fingerprint density at radius 3 is 2.74 bits per heavy atom. The minimum absolute atomic E-state index is 0.0420. The molecule has 0 saturated heterocycles. The molecule has 0 fully saturated rings. The third-order valence-electron chi connectivity index (χ3n) is 2.68. The summed E-state index contributed by atoms with van der Waals surface area (Å²) in [7, 11) is 1.57. The van der Waals surface area contributed by atoms with Crippen molar-refractivity contribution < 1.29 is 19.1 Å². The van der Waals surface area contributed by atoms with Crippen molar-refractivity contribution in [1.29, 1.82) is 0 Å². The first-order chi connectivity index (χ1) is 9.06. The number of urea groups is 1. The summed E-state index contributed by atoms with van der Waals surface area (Å²) in [5, 5.41) is 14.3. The fourth-order valence-corrected chi connectivity index (χ4v) is 1.69. The highest BCUT2D eigenvalue weighted by atomic mass is 16.5. The molecule has 6 nitrogen and oxygen atoms in total. The fraction of sp³-hybridized carbons (Fsp3) is 0.615. The van der Waals surface area contributed by atoms with Gasteiger partial charge in [-0.25, -0.2) is 4.79 Å². The Morgan fingerprint density at radius 1 is 1.47 bits per heavy atom. The van der Waals surface area contributed by atoms with E-state index >= 15 is 0 Å². The molecule has 1 unspecified atom stereocenters. The number of amides is 2. The predicted molar refractivity (Wildman–Crippen MR) is 70.9 cm³/mol. The molecule has 1 aromatic heterocycles. The molecule has 0 bridgehead atoms. The summed E-state index contributed by atoms with van der Waals surface area (Å²) < 4.78 is 10.6. The van der Waals surface area contributed by atoms with Crippen LogP contribution in [0.3, 0.4) is 0 Å². The molecule has 108 valence electrons. The van der Waals surface area contributed by atoms with Gasteiger partial charge in [0.25, 0.3) is 0 Å². The van der Waals surface area contributed by atoms with E-state index in [4.69, 9.17) is 14.3 Å². The Hall–Kier alpha value is -1.53. The van der Waals surface area contributed by atoms with Crippen LogP contribution in [0.1, 0.15) is 30.9 Å². The SMILES string of the molecule is COCC(NC(=O)N[C@H](C)CCO)c1ccc(C)o1. The third-order valence-corrected chi connectivity index (χ3v) is 2.68. The number of rotatable bonds is 7. The third kappa shape index (κ3) is 5.32. The van der Waals surface area contributed by atoms with Crippen LogP contribution in [-0.4, -0.2) is 37.5 Å². The number of aliphatic hydroxyl groups is 1. The van der Waals surface area contributed by atoms with Gasteiger partial charge in [0, 0.05) is 19.8 Å². The largest absolute Gasteiger partial charge is 0.464 e. The van der Waals surface area contributed by atoms with Gasteiger partial charge in [0.1, 0.15) is 17.6 Å². The summed E-state index contributed by atoms with van der Waals surface area (Å²) in [5.74, 6) is 1.44. The van der Waals surface area contributed by atoms with Crippen LogP contribution < -0.4 is 10.6 Å². The van der Waals surface area contributed by atoms with E-state index in [1.165, 1.54) is 0 Å². The highest BCUT2D eigenvalue weighted by Crippen LogP contribution is 2.16. The molecular weight excluding hydrogens is 248 g/mol. The number of aryl methyl sites for hydroxylation is 1. The lowest BCUT2D eigenvalue weighted by Crippen LogP contribution is -2.43. The molecule has 2 atom stereocenters. The van der Waals surface area contributed by atoms with E-state index in [0.29, 0.717) is 18.8 Å². The minimum atomic E-state index is -0.333. The first-order valence-corrected chi connectivity index (χ1v) is 6.30. The normalized spacial score (nSPS) is 13.9. The molecule has 1 rings (SSSR count). The number of furan rings is 1. The van der Waals surface area contributed by atoms with Crippen LogP contribution in [-0.2, 0) is 4.74 Å². The highest BCUT2D eigenvalue weighted by molar-refractivity contribution is 5.74. The minimum Gasteiger partial charge on any atom is -0.464 e. The van der Waals surface area contributed by atoms with Crippen LogP contribution in [0.15, 0.2) is 16.5 Å². The summed E-state index contributed by atoms with van der Waals surface area (Å²) in [6.07, 6.45) is 0.516. The second-order valence-electron chi connectivity index (χ2n) is 4.49. The molecule has 0 aliphatic carbocycles. The molecule has 0 spiro atoms. The number of carbonyl (C=O) groups is 1. The summed E-state index contributed by atoms with van der Waals surface area (Å²) >= 11 is 0. The van der Waals surface area contributed by atoms with Crippen molar-refractivity contribution in [1.82, 2.24) is 10.6 Å².